The molecule has 0 heterocycles. The third kappa shape index (κ3) is 5.50. The molecule has 0 spiro atoms. The number of non-ortho nitro benzene ring substituents is 1. The normalized spacial score (nSPS) is 11.4. The summed E-state index contributed by atoms with van der Waals surface area (Å²) in [6, 6.07) is 9.17. The number of nitro benzene ring substituents is 1. The molecule has 0 aliphatic heterocycles. The number of methoxy groups -OCH3 is 1. The second-order valence-electron chi connectivity index (χ2n) is 5.57. The summed E-state index contributed by atoms with van der Waals surface area (Å²) < 4.78 is 23.2. The van der Waals surface area contributed by atoms with E-state index in [0.717, 1.165) is 6.07 Å². The van der Waals surface area contributed by atoms with Crippen LogP contribution >= 0.6 is 0 Å². The Bertz CT molecular complexity index is 871. The van der Waals surface area contributed by atoms with Gasteiger partial charge in [-0.2, -0.15) is 0 Å². The van der Waals surface area contributed by atoms with Crippen molar-refractivity contribution in [3.8, 4) is 5.75 Å². The number of nitrogens with one attached hydrogen (secondary N) is 1. The fraction of sp³-hybridized carbons (Fsp3) is 0.222. The van der Waals surface area contributed by atoms with Gasteiger partial charge in [-0.05, 0) is 30.7 Å². The number of rotatable bonds is 7. The molecule has 0 aliphatic rings. The van der Waals surface area contributed by atoms with Crippen molar-refractivity contribution < 1.29 is 28.4 Å². The Morgan fingerprint density at radius 2 is 2.00 bits per heavy atom. The number of nitro groups is 1. The Hall–Kier alpha value is -3.49. The van der Waals surface area contributed by atoms with E-state index in [2.05, 4.69) is 5.32 Å². The van der Waals surface area contributed by atoms with Crippen LogP contribution < -0.4 is 10.1 Å². The lowest BCUT2D eigenvalue weighted by atomic mass is 10.1. The first-order valence-corrected chi connectivity index (χ1v) is 7.87. The van der Waals surface area contributed by atoms with Crippen molar-refractivity contribution in [1.29, 1.82) is 0 Å². The standard InChI is InChI=1S/C18H17FN2O6/c1-11(27-17(22)9-12-4-3-5-13(19)8-12)18(23)20-15-7-6-14(21(24)25)10-16(15)26-2/h3-8,10-11H,9H2,1-2H3,(H,20,23)/t11-/m1/s1. The van der Waals surface area contributed by atoms with Crippen LogP contribution in [-0.4, -0.2) is 30.0 Å². The SMILES string of the molecule is COc1cc([N+](=O)[O-])ccc1NC(=O)[C@@H](C)OC(=O)Cc1cccc(F)c1. The number of halogens is 1. The van der Waals surface area contributed by atoms with E-state index < -0.39 is 28.7 Å². The number of hydrogen-bond acceptors (Lipinski definition) is 6. The molecule has 0 radical (unpaired) electrons. The van der Waals surface area contributed by atoms with Crippen molar-refractivity contribution in [2.75, 3.05) is 12.4 Å². The Kier molecular flexibility index (Phi) is 6.42. The van der Waals surface area contributed by atoms with E-state index in [9.17, 15) is 24.1 Å². The molecular formula is C18H17FN2O6. The van der Waals surface area contributed by atoms with Gasteiger partial charge in [-0.3, -0.25) is 19.7 Å². The zero-order valence-corrected chi connectivity index (χ0v) is 14.6. The second kappa shape index (κ2) is 8.75. The van der Waals surface area contributed by atoms with E-state index in [-0.39, 0.29) is 23.5 Å². The number of anilines is 1. The number of ether oxygens (including phenoxy) is 2. The maximum absolute atomic E-state index is 13.1. The van der Waals surface area contributed by atoms with Crippen LogP contribution in [0.2, 0.25) is 0 Å². The minimum atomic E-state index is -1.13. The van der Waals surface area contributed by atoms with Crippen LogP contribution in [0.15, 0.2) is 42.5 Å². The van der Waals surface area contributed by atoms with Crippen LogP contribution in [0, 0.1) is 15.9 Å². The molecule has 0 unspecified atom stereocenters. The van der Waals surface area contributed by atoms with Crippen molar-refractivity contribution in [3.63, 3.8) is 0 Å². The quantitative estimate of drug-likeness (QED) is 0.452. The van der Waals surface area contributed by atoms with Crippen LogP contribution in [0.3, 0.4) is 0 Å². The first-order valence-electron chi connectivity index (χ1n) is 7.87. The van der Waals surface area contributed by atoms with E-state index in [0.29, 0.717) is 5.56 Å². The molecule has 2 aromatic carbocycles. The van der Waals surface area contributed by atoms with Gasteiger partial charge in [-0.15, -0.1) is 0 Å². The van der Waals surface area contributed by atoms with Gasteiger partial charge >= 0.3 is 5.97 Å². The smallest absolute Gasteiger partial charge is 0.311 e. The van der Waals surface area contributed by atoms with Gasteiger partial charge in [0.25, 0.3) is 11.6 Å². The molecule has 0 saturated heterocycles. The third-order valence-corrected chi connectivity index (χ3v) is 3.57. The number of benzene rings is 2. The Morgan fingerprint density at radius 1 is 1.26 bits per heavy atom. The molecule has 27 heavy (non-hydrogen) atoms. The minimum absolute atomic E-state index is 0.0934. The van der Waals surface area contributed by atoms with Gasteiger partial charge in [0.2, 0.25) is 0 Å². The maximum atomic E-state index is 13.1. The van der Waals surface area contributed by atoms with Crippen molar-refractivity contribution in [2.24, 2.45) is 0 Å². The van der Waals surface area contributed by atoms with Crippen LogP contribution in [0.25, 0.3) is 0 Å². The lowest BCUT2D eigenvalue weighted by molar-refractivity contribution is -0.384. The van der Waals surface area contributed by atoms with Crippen LogP contribution in [0.4, 0.5) is 15.8 Å². The van der Waals surface area contributed by atoms with Gasteiger partial charge < -0.3 is 14.8 Å². The monoisotopic (exact) mass is 376 g/mol. The highest BCUT2D eigenvalue weighted by atomic mass is 19.1. The highest BCUT2D eigenvalue weighted by Gasteiger charge is 2.20. The van der Waals surface area contributed by atoms with Crippen molar-refractivity contribution in [3.05, 3.63) is 64.0 Å². The molecule has 0 aliphatic carbocycles. The van der Waals surface area contributed by atoms with Gasteiger partial charge in [0.15, 0.2) is 6.10 Å². The number of esters is 1. The second-order valence-corrected chi connectivity index (χ2v) is 5.57. The van der Waals surface area contributed by atoms with Crippen molar-refractivity contribution in [1.82, 2.24) is 0 Å². The number of amides is 1. The molecule has 1 amide bonds. The molecular weight excluding hydrogens is 359 g/mol. The fourth-order valence-corrected chi connectivity index (χ4v) is 2.24. The fourth-order valence-electron chi connectivity index (χ4n) is 2.24. The van der Waals surface area contributed by atoms with E-state index in [1.165, 1.54) is 44.4 Å². The van der Waals surface area contributed by atoms with Crippen LogP contribution in [-0.2, 0) is 20.7 Å². The summed E-state index contributed by atoms with van der Waals surface area (Å²) in [7, 11) is 1.30. The number of carbonyl (C=O) groups excluding carboxylic acids is 2. The minimum Gasteiger partial charge on any atom is -0.494 e. The average Bonchev–Trinajstić information content (AvgIpc) is 2.61. The van der Waals surface area contributed by atoms with E-state index in [1.54, 1.807) is 6.07 Å². The molecule has 2 aromatic rings. The van der Waals surface area contributed by atoms with Gasteiger partial charge in [0, 0.05) is 6.07 Å². The summed E-state index contributed by atoms with van der Waals surface area (Å²) in [6.45, 7) is 1.37. The van der Waals surface area contributed by atoms with Crippen molar-refractivity contribution in [2.45, 2.75) is 19.4 Å². The maximum Gasteiger partial charge on any atom is 0.311 e. The summed E-state index contributed by atoms with van der Waals surface area (Å²) in [5, 5.41) is 13.3. The molecule has 1 atom stereocenters. The van der Waals surface area contributed by atoms with Crippen molar-refractivity contribution >= 4 is 23.3 Å². The molecule has 0 aromatic heterocycles. The average molecular weight is 376 g/mol. The predicted octanol–water partition coefficient (Wildman–Crippen LogP) is 2.86. The summed E-state index contributed by atoms with van der Waals surface area (Å²) in [6.07, 6.45) is -1.32. The topological polar surface area (TPSA) is 108 Å². The molecule has 8 nitrogen and oxygen atoms in total. The summed E-state index contributed by atoms with van der Waals surface area (Å²) in [4.78, 5) is 34.3. The lowest BCUT2D eigenvalue weighted by Crippen LogP contribution is -2.30. The van der Waals surface area contributed by atoms with Gasteiger partial charge in [0.05, 0.1) is 30.2 Å². The Labute approximate surface area is 154 Å². The molecule has 0 saturated carbocycles. The number of hydrogen-bond donors (Lipinski definition) is 1. The first kappa shape index (κ1) is 19.8. The van der Waals surface area contributed by atoms with Crippen LogP contribution in [0.1, 0.15) is 12.5 Å². The van der Waals surface area contributed by atoms with E-state index >= 15 is 0 Å². The van der Waals surface area contributed by atoms with Gasteiger partial charge in [-0.25, -0.2) is 4.39 Å². The van der Waals surface area contributed by atoms with Crippen LogP contribution in [0.5, 0.6) is 5.75 Å². The highest BCUT2D eigenvalue weighted by Crippen LogP contribution is 2.29. The zero-order chi connectivity index (χ0) is 20.0. The zero-order valence-electron chi connectivity index (χ0n) is 14.6. The molecule has 2 rings (SSSR count). The molecule has 9 heteroatoms. The summed E-state index contributed by atoms with van der Waals surface area (Å²) in [5.74, 6) is -1.72. The Morgan fingerprint density at radius 3 is 2.63 bits per heavy atom. The van der Waals surface area contributed by atoms with Gasteiger partial charge in [0.1, 0.15) is 11.6 Å². The predicted molar refractivity (Wildman–Crippen MR) is 93.9 cm³/mol. The van der Waals surface area contributed by atoms with E-state index in [1.807, 2.05) is 0 Å². The molecule has 0 fully saturated rings. The molecule has 1 N–H and O–H groups in total. The number of nitrogens with zero attached hydrogens (tertiary/aromatic N) is 1. The van der Waals surface area contributed by atoms with E-state index in [4.69, 9.17) is 9.47 Å². The Balaban J connectivity index is 1.99. The molecule has 142 valence electrons. The highest BCUT2D eigenvalue weighted by molar-refractivity contribution is 5.96. The largest absolute Gasteiger partial charge is 0.494 e. The lowest BCUT2D eigenvalue weighted by Gasteiger charge is -2.15. The summed E-state index contributed by atoms with van der Waals surface area (Å²) in [5.41, 5.74) is 0.421. The third-order valence-electron chi connectivity index (χ3n) is 3.57. The molecule has 0 bridgehead atoms. The summed E-state index contributed by atoms with van der Waals surface area (Å²) >= 11 is 0. The number of carbonyl (C=O) groups is 2. The first-order chi connectivity index (χ1) is 12.8. The van der Waals surface area contributed by atoms with Gasteiger partial charge in [-0.1, -0.05) is 12.1 Å².